The van der Waals surface area contributed by atoms with Gasteiger partial charge in [0, 0.05) is 17.1 Å². The molecule has 0 heterocycles. The van der Waals surface area contributed by atoms with Crippen LogP contribution >= 0.6 is 11.6 Å². The number of carbonyl (C=O) groups is 1. The standard InChI is InChI=1S/C15H22ClNO2/c1-11(2)19-9-8-17(4)12(3)15(18)13-6-5-7-14(16)10-13/h5-7,10-12H,8-9H2,1-4H3. The van der Waals surface area contributed by atoms with Crippen molar-refractivity contribution in [3.05, 3.63) is 34.9 Å². The lowest BCUT2D eigenvalue weighted by Gasteiger charge is -2.24. The number of hydrogen-bond acceptors (Lipinski definition) is 3. The zero-order chi connectivity index (χ0) is 14.4. The number of ether oxygens (including phenoxy) is 1. The number of carbonyl (C=O) groups excluding carboxylic acids is 1. The van der Waals surface area contributed by atoms with E-state index < -0.39 is 0 Å². The predicted molar refractivity (Wildman–Crippen MR) is 79.0 cm³/mol. The lowest BCUT2D eigenvalue weighted by atomic mass is 10.0. The largest absolute Gasteiger partial charge is 0.377 e. The maximum absolute atomic E-state index is 12.3. The maximum atomic E-state index is 12.3. The molecule has 106 valence electrons. The number of likely N-dealkylation sites (N-methyl/N-ethyl adjacent to an activating group) is 1. The number of hydrogen-bond donors (Lipinski definition) is 0. The van der Waals surface area contributed by atoms with Gasteiger partial charge in [0.15, 0.2) is 5.78 Å². The van der Waals surface area contributed by atoms with E-state index in [1.165, 1.54) is 0 Å². The summed E-state index contributed by atoms with van der Waals surface area (Å²) in [5.41, 5.74) is 0.650. The molecule has 0 amide bonds. The smallest absolute Gasteiger partial charge is 0.179 e. The number of nitrogens with zero attached hydrogens (tertiary/aromatic N) is 1. The highest BCUT2D eigenvalue weighted by atomic mass is 35.5. The van der Waals surface area contributed by atoms with Gasteiger partial charge >= 0.3 is 0 Å². The Balaban J connectivity index is 2.56. The van der Waals surface area contributed by atoms with Gasteiger partial charge in [-0.1, -0.05) is 23.7 Å². The summed E-state index contributed by atoms with van der Waals surface area (Å²) in [6.45, 7) is 7.26. The first-order chi connectivity index (χ1) is 8.91. The van der Waals surface area contributed by atoms with Gasteiger partial charge < -0.3 is 4.74 Å². The molecular formula is C15H22ClNO2. The van der Waals surface area contributed by atoms with E-state index in [4.69, 9.17) is 16.3 Å². The SMILES string of the molecule is CC(C)OCCN(C)C(C)C(=O)c1cccc(Cl)c1. The lowest BCUT2D eigenvalue weighted by molar-refractivity contribution is 0.0542. The quantitative estimate of drug-likeness (QED) is 0.719. The van der Waals surface area contributed by atoms with E-state index in [0.717, 1.165) is 6.54 Å². The minimum absolute atomic E-state index is 0.0783. The van der Waals surface area contributed by atoms with Crippen molar-refractivity contribution in [3.63, 3.8) is 0 Å². The van der Waals surface area contributed by atoms with E-state index in [0.29, 0.717) is 17.2 Å². The van der Waals surface area contributed by atoms with Crippen molar-refractivity contribution < 1.29 is 9.53 Å². The molecular weight excluding hydrogens is 262 g/mol. The van der Waals surface area contributed by atoms with Gasteiger partial charge in [-0.2, -0.15) is 0 Å². The molecule has 0 saturated heterocycles. The summed E-state index contributed by atoms with van der Waals surface area (Å²) >= 11 is 5.91. The second-order valence-electron chi connectivity index (χ2n) is 4.95. The molecule has 0 radical (unpaired) electrons. The molecule has 0 fully saturated rings. The average Bonchev–Trinajstić information content (AvgIpc) is 2.36. The molecule has 0 aliphatic rings. The third-order valence-corrected chi connectivity index (χ3v) is 3.28. The summed E-state index contributed by atoms with van der Waals surface area (Å²) in [5.74, 6) is 0.0783. The van der Waals surface area contributed by atoms with Gasteiger partial charge in [-0.15, -0.1) is 0 Å². The van der Waals surface area contributed by atoms with Crippen molar-refractivity contribution in [2.24, 2.45) is 0 Å². The highest BCUT2D eigenvalue weighted by molar-refractivity contribution is 6.31. The predicted octanol–water partition coefficient (Wildman–Crippen LogP) is 3.27. The summed E-state index contributed by atoms with van der Waals surface area (Å²) in [6.07, 6.45) is 0.215. The molecule has 3 nitrogen and oxygen atoms in total. The van der Waals surface area contributed by atoms with E-state index in [1.54, 1.807) is 24.3 Å². The second kappa shape index (κ2) is 7.63. The van der Waals surface area contributed by atoms with Gasteiger partial charge in [0.05, 0.1) is 18.8 Å². The molecule has 0 aliphatic heterocycles. The molecule has 0 spiro atoms. The Labute approximate surface area is 120 Å². The van der Waals surface area contributed by atoms with E-state index in [2.05, 4.69) is 0 Å². The van der Waals surface area contributed by atoms with Gasteiger partial charge in [-0.05, 0) is 40.0 Å². The second-order valence-corrected chi connectivity index (χ2v) is 5.39. The molecule has 1 rings (SSSR count). The van der Waals surface area contributed by atoms with Crippen molar-refractivity contribution in [2.45, 2.75) is 32.9 Å². The Morgan fingerprint density at radius 2 is 2.05 bits per heavy atom. The molecule has 1 aromatic rings. The molecule has 0 saturated carbocycles. The number of benzene rings is 1. The van der Waals surface area contributed by atoms with Crippen LogP contribution in [0.3, 0.4) is 0 Å². The zero-order valence-corrected chi connectivity index (χ0v) is 12.8. The fourth-order valence-electron chi connectivity index (χ4n) is 1.71. The Kier molecular flexibility index (Phi) is 6.49. The van der Waals surface area contributed by atoms with Crippen LogP contribution in [0.2, 0.25) is 5.02 Å². The molecule has 1 atom stereocenters. The van der Waals surface area contributed by atoms with Crippen LogP contribution in [0.15, 0.2) is 24.3 Å². The van der Waals surface area contributed by atoms with Gasteiger partial charge in [-0.25, -0.2) is 0 Å². The van der Waals surface area contributed by atoms with Crippen LogP contribution in [0.25, 0.3) is 0 Å². The van der Waals surface area contributed by atoms with Crippen LogP contribution < -0.4 is 0 Å². The summed E-state index contributed by atoms with van der Waals surface area (Å²) in [4.78, 5) is 14.3. The minimum Gasteiger partial charge on any atom is -0.377 e. The summed E-state index contributed by atoms with van der Waals surface area (Å²) in [5, 5.41) is 0.587. The topological polar surface area (TPSA) is 29.5 Å². The van der Waals surface area contributed by atoms with Crippen molar-refractivity contribution in [3.8, 4) is 0 Å². The normalized spacial score (nSPS) is 13.0. The summed E-state index contributed by atoms with van der Waals surface area (Å²) in [6, 6.07) is 6.88. The van der Waals surface area contributed by atoms with E-state index in [9.17, 15) is 4.79 Å². The van der Waals surface area contributed by atoms with E-state index in [1.807, 2.05) is 32.7 Å². The lowest BCUT2D eigenvalue weighted by Crippen LogP contribution is -2.38. The van der Waals surface area contributed by atoms with Crippen LogP contribution in [0, 0.1) is 0 Å². The number of rotatable bonds is 7. The van der Waals surface area contributed by atoms with Crippen LogP contribution in [-0.2, 0) is 4.74 Å². The third-order valence-electron chi connectivity index (χ3n) is 3.04. The van der Waals surface area contributed by atoms with Crippen molar-refractivity contribution >= 4 is 17.4 Å². The van der Waals surface area contributed by atoms with E-state index >= 15 is 0 Å². The van der Waals surface area contributed by atoms with Gasteiger partial charge in [0.2, 0.25) is 0 Å². The molecule has 0 N–H and O–H groups in total. The fraction of sp³-hybridized carbons (Fsp3) is 0.533. The number of Topliss-reactive ketones (excluding diaryl/α,β-unsaturated/α-hetero) is 1. The van der Waals surface area contributed by atoms with Crippen molar-refractivity contribution in [1.29, 1.82) is 0 Å². The Morgan fingerprint density at radius 1 is 1.37 bits per heavy atom. The first-order valence-electron chi connectivity index (χ1n) is 6.53. The molecule has 1 aromatic carbocycles. The summed E-state index contributed by atoms with van der Waals surface area (Å²) in [7, 11) is 1.93. The average molecular weight is 284 g/mol. The molecule has 19 heavy (non-hydrogen) atoms. The van der Waals surface area contributed by atoms with Crippen LogP contribution in [0.4, 0.5) is 0 Å². The highest BCUT2D eigenvalue weighted by Gasteiger charge is 2.19. The molecule has 1 unspecified atom stereocenters. The molecule has 0 bridgehead atoms. The summed E-state index contributed by atoms with van der Waals surface area (Å²) < 4.78 is 5.49. The molecule has 0 aromatic heterocycles. The van der Waals surface area contributed by atoms with Gasteiger partial charge in [0.1, 0.15) is 0 Å². The minimum atomic E-state index is -0.186. The van der Waals surface area contributed by atoms with Crippen molar-refractivity contribution in [2.75, 3.05) is 20.2 Å². The molecule has 4 heteroatoms. The number of halogens is 1. The van der Waals surface area contributed by atoms with Crippen LogP contribution in [0.1, 0.15) is 31.1 Å². The molecule has 0 aliphatic carbocycles. The third kappa shape index (κ3) is 5.31. The Bertz CT molecular complexity index is 420. The van der Waals surface area contributed by atoms with Crippen LogP contribution in [0.5, 0.6) is 0 Å². The van der Waals surface area contributed by atoms with E-state index in [-0.39, 0.29) is 17.9 Å². The first kappa shape index (κ1) is 16.2. The monoisotopic (exact) mass is 283 g/mol. The fourth-order valence-corrected chi connectivity index (χ4v) is 1.90. The Hall–Kier alpha value is -0.900. The van der Waals surface area contributed by atoms with Gasteiger partial charge in [-0.3, -0.25) is 9.69 Å². The van der Waals surface area contributed by atoms with Crippen molar-refractivity contribution in [1.82, 2.24) is 4.90 Å². The Morgan fingerprint density at radius 3 is 2.63 bits per heavy atom. The van der Waals surface area contributed by atoms with Crippen LogP contribution in [-0.4, -0.2) is 43.0 Å². The maximum Gasteiger partial charge on any atom is 0.179 e. The van der Waals surface area contributed by atoms with Gasteiger partial charge in [0.25, 0.3) is 0 Å². The first-order valence-corrected chi connectivity index (χ1v) is 6.91. The highest BCUT2D eigenvalue weighted by Crippen LogP contribution is 2.14. The zero-order valence-electron chi connectivity index (χ0n) is 12.0. The number of ketones is 1.